The van der Waals surface area contributed by atoms with Crippen LogP contribution in [-0.2, 0) is 6.42 Å². The molecule has 2 aromatic carbocycles. The van der Waals surface area contributed by atoms with E-state index in [0.717, 1.165) is 32.1 Å². The highest BCUT2D eigenvalue weighted by Gasteiger charge is 2.57. The number of benzene rings is 2. The predicted molar refractivity (Wildman–Crippen MR) is 107 cm³/mol. The van der Waals surface area contributed by atoms with E-state index in [2.05, 4.69) is 17.9 Å². The number of phenols is 1. The third kappa shape index (κ3) is 2.58. The van der Waals surface area contributed by atoms with E-state index in [1.165, 1.54) is 16.7 Å². The molecule has 0 aromatic heterocycles. The summed E-state index contributed by atoms with van der Waals surface area (Å²) in [7, 11) is 0. The van der Waals surface area contributed by atoms with Gasteiger partial charge in [0.15, 0.2) is 5.75 Å². The molecular weight excluding hydrogens is 352 g/mol. The van der Waals surface area contributed by atoms with Gasteiger partial charge >= 0.3 is 0 Å². The van der Waals surface area contributed by atoms with Gasteiger partial charge in [0, 0.05) is 0 Å². The van der Waals surface area contributed by atoms with Crippen LogP contribution >= 0.6 is 0 Å². The molecule has 0 heterocycles. The Morgan fingerprint density at radius 3 is 2.57 bits per heavy atom. The van der Waals surface area contributed by atoms with E-state index in [1.54, 1.807) is 0 Å². The Morgan fingerprint density at radius 2 is 1.82 bits per heavy atom. The number of aliphatic hydroxyl groups excluding tert-OH is 1. The van der Waals surface area contributed by atoms with Crippen molar-refractivity contribution in [1.82, 2.24) is 0 Å². The number of hydrogen-bond donors (Lipinski definition) is 3. The Hall–Kier alpha value is -2.04. The first-order chi connectivity index (χ1) is 13.5. The summed E-state index contributed by atoms with van der Waals surface area (Å²) in [5.41, 5.74) is 3.82. The fourth-order valence-electron chi connectivity index (χ4n) is 6.77. The smallest absolute Gasteiger partial charge is 0.165 e. The van der Waals surface area contributed by atoms with E-state index >= 15 is 0 Å². The van der Waals surface area contributed by atoms with Crippen LogP contribution in [0.5, 0.6) is 11.5 Å². The molecule has 0 bridgehead atoms. The molecule has 3 aliphatic carbocycles. The maximum absolute atomic E-state index is 10.9. The van der Waals surface area contributed by atoms with E-state index < -0.39 is 0 Å². The van der Waals surface area contributed by atoms with Crippen molar-refractivity contribution in [2.24, 2.45) is 17.3 Å². The molecule has 4 heteroatoms. The SMILES string of the molecule is C[C@]12C[C@H](c3ccc(OO)cc3)C3c4ccc(O)cc4CCC3C1CC[C@@H]2O. The van der Waals surface area contributed by atoms with Crippen molar-refractivity contribution in [2.75, 3.05) is 0 Å². The van der Waals surface area contributed by atoms with Crippen LogP contribution in [0.15, 0.2) is 42.5 Å². The molecule has 28 heavy (non-hydrogen) atoms. The van der Waals surface area contributed by atoms with Crippen LogP contribution in [-0.4, -0.2) is 21.6 Å². The second-order valence-electron chi connectivity index (χ2n) is 9.29. The first-order valence-electron chi connectivity index (χ1n) is 10.4. The van der Waals surface area contributed by atoms with Crippen molar-refractivity contribution in [3.05, 3.63) is 59.2 Å². The molecule has 3 aliphatic rings. The van der Waals surface area contributed by atoms with E-state index in [0.29, 0.717) is 35.2 Å². The quantitative estimate of drug-likeness (QED) is 0.514. The molecule has 2 saturated carbocycles. The first kappa shape index (κ1) is 18.0. The molecule has 4 nitrogen and oxygen atoms in total. The van der Waals surface area contributed by atoms with Crippen LogP contribution < -0.4 is 4.89 Å². The molecule has 3 N–H and O–H groups in total. The highest BCUT2D eigenvalue weighted by atomic mass is 17.1. The van der Waals surface area contributed by atoms with Gasteiger partial charge in [-0.25, -0.2) is 5.26 Å². The van der Waals surface area contributed by atoms with Crippen molar-refractivity contribution in [3.63, 3.8) is 0 Å². The lowest BCUT2D eigenvalue weighted by Crippen LogP contribution is -2.47. The van der Waals surface area contributed by atoms with Gasteiger partial charge in [0.1, 0.15) is 5.75 Å². The molecule has 0 amide bonds. The van der Waals surface area contributed by atoms with E-state index in [1.807, 2.05) is 36.4 Å². The van der Waals surface area contributed by atoms with Crippen molar-refractivity contribution < 1.29 is 20.4 Å². The molecule has 148 valence electrons. The number of fused-ring (bicyclic) bond motifs is 5. The lowest BCUT2D eigenvalue weighted by molar-refractivity contribution is -0.137. The topological polar surface area (TPSA) is 69.9 Å². The van der Waals surface area contributed by atoms with Gasteiger partial charge in [0.2, 0.25) is 0 Å². The summed E-state index contributed by atoms with van der Waals surface area (Å²) in [6.45, 7) is 2.29. The number of hydrogen-bond acceptors (Lipinski definition) is 4. The van der Waals surface area contributed by atoms with Gasteiger partial charge in [-0.3, -0.25) is 0 Å². The Kier molecular flexibility index (Phi) is 4.18. The van der Waals surface area contributed by atoms with Crippen LogP contribution in [0.4, 0.5) is 0 Å². The fourth-order valence-corrected chi connectivity index (χ4v) is 6.77. The second kappa shape index (κ2) is 6.50. The Balaban J connectivity index is 1.63. The summed E-state index contributed by atoms with van der Waals surface area (Å²) in [4.78, 5) is 4.37. The average molecular weight is 380 g/mol. The van der Waals surface area contributed by atoms with Gasteiger partial charge in [0.25, 0.3) is 0 Å². The molecule has 0 aliphatic heterocycles. The molecule has 0 spiro atoms. The Bertz CT molecular complexity index is 877. The van der Waals surface area contributed by atoms with Crippen molar-refractivity contribution in [1.29, 1.82) is 0 Å². The summed E-state index contributed by atoms with van der Waals surface area (Å²) < 4.78 is 0. The van der Waals surface area contributed by atoms with Gasteiger partial charge in [-0.05, 0) is 102 Å². The molecule has 3 unspecified atom stereocenters. The monoisotopic (exact) mass is 380 g/mol. The Labute approximate surface area is 165 Å². The van der Waals surface area contributed by atoms with Gasteiger partial charge in [-0.2, -0.15) is 0 Å². The normalized spacial score (nSPS) is 36.3. The number of aliphatic hydroxyl groups is 1. The predicted octanol–water partition coefficient (Wildman–Crippen LogP) is 4.85. The van der Waals surface area contributed by atoms with Crippen molar-refractivity contribution in [2.45, 2.75) is 57.0 Å². The van der Waals surface area contributed by atoms with Gasteiger partial charge < -0.3 is 15.1 Å². The van der Waals surface area contributed by atoms with E-state index in [9.17, 15) is 10.2 Å². The van der Waals surface area contributed by atoms with E-state index in [-0.39, 0.29) is 11.5 Å². The standard InChI is InChI=1S/C24H28O4/c1-24-13-20(14-2-6-17(28-27)7-3-14)23-18-9-5-16(25)12-15(18)4-8-19(23)21(24)10-11-22(24)26/h2-3,5-7,9,12,19-23,25-27H,4,8,10-11,13H2,1H3/t19?,20-,21?,22+,23?,24+/m1/s1. The largest absolute Gasteiger partial charge is 0.508 e. The summed E-state index contributed by atoms with van der Waals surface area (Å²) in [6.07, 6.45) is 4.84. The zero-order chi connectivity index (χ0) is 19.5. The second-order valence-corrected chi connectivity index (χ2v) is 9.29. The molecule has 0 radical (unpaired) electrons. The molecular formula is C24H28O4. The highest BCUT2D eigenvalue weighted by Crippen LogP contribution is 2.65. The average Bonchev–Trinajstić information content (AvgIpc) is 3.01. The lowest BCUT2D eigenvalue weighted by Gasteiger charge is -2.54. The summed E-state index contributed by atoms with van der Waals surface area (Å²) >= 11 is 0. The van der Waals surface area contributed by atoms with Crippen molar-refractivity contribution >= 4 is 0 Å². The minimum atomic E-state index is -0.234. The van der Waals surface area contributed by atoms with Crippen LogP contribution in [0.25, 0.3) is 0 Å². The van der Waals surface area contributed by atoms with Crippen molar-refractivity contribution in [3.8, 4) is 11.5 Å². The molecule has 2 aromatic rings. The summed E-state index contributed by atoms with van der Waals surface area (Å²) in [6, 6.07) is 13.6. The van der Waals surface area contributed by atoms with Crippen LogP contribution in [0.3, 0.4) is 0 Å². The third-order valence-corrected chi connectivity index (χ3v) is 8.08. The first-order valence-corrected chi connectivity index (χ1v) is 10.4. The fraction of sp³-hybridized carbons (Fsp3) is 0.500. The molecule has 6 atom stereocenters. The van der Waals surface area contributed by atoms with E-state index in [4.69, 9.17) is 5.26 Å². The lowest BCUT2D eigenvalue weighted by atomic mass is 9.51. The minimum absolute atomic E-state index is 0.0492. The minimum Gasteiger partial charge on any atom is -0.508 e. The van der Waals surface area contributed by atoms with Crippen LogP contribution in [0.1, 0.15) is 61.1 Å². The Morgan fingerprint density at radius 1 is 1.04 bits per heavy atom. The third-order valence-electron chi connectivity index (χ3n) is 8.08. The maximum Gasteiger partial charge on any atom is 0.165 e. The van der Waals surface area contributed by atoms with Gasteiger partial charge in [0.05, 0.1) is 6.10 Å². The number of rotatable bonds is 2. The number of phenolic OH excluding ortho intramolecular Hbond substituents is 1. The number of aromatic hydroxyl groups is 1. The van der Waals surface area contributed by atoms with Crippen LogP contribution in [0.2, 0.25) is 0 Å². The zero-order valence-corrected chi connectivity index (χ0v) is 16.2. The van der Waals surface area contributed by atoms with Gasteiger partial charge in [-0.15, -0.1) is 0 Å². The molecule has 5 rings (SSSR count). The molecule has 2 fully saturated rings. The summed E-state index contributed by atoms with van der Waals surface area (Å²) in [5, 5.41) is 29.8. The highest BCUT2D eigenvalue weighted by molar-refractivity contribution is 5.43. The molecule has 0 saturated heterocycles. The van der Waals surface area contributed by atoms with Crippen LogP contribution in [0, 0.1) is 17.3 Å². The maximum atomic E-state index is 10.9. The zero-order valence-electron chi connectivity index (χ0n) is 16.2. The summed E-state index contributed by atoms with van der Waals surface area (Å²) in [5.74, 6) is 2.58. The number of aryl methyl sites for hydroxylation is 1. The van der Waals surface area contributed by atoms with Gasteiger partial charge in [-0.1, -0.05) is 25.1 Å².